The lowest BCUT2D eigenvalue weighted by Crippen LogP contribution is -2.13. The molecule has 0 aromatic heterocycles. The molecule has 1 atom stereocenters. The molecule has 74 valence electrons. The Morgan fingerprint density at radius 1 is 1.50 bits per heavy atom. The summed E-state index contributed by atoms with van der Waals surface area (Å²) in [6, 6.07) is 5.90. The molecule has 1 aromatic carbocycles. The van der Waals surface area contributed by atoms with Crippen molar-refractivity contribution in [1.82, 2.24) is 0 Å². The number of carbonyl (C=O) groups is 1. The van der Waals surface area contributed by atoms with E-state index in [0.29, 0.717) is 6.42 Å². The first-order chi connectivity index (χ1) is 6.72. The van der Waals surface area contributed by atoms with Gasteiger partial charge in [0.05, 0.1) is 5.92 Å². The number of aliphatic hydroxyl groups is 1. The molecule has 0 radical (unpaired) electrons. The van der Waals surface area contributed by atoms with E-state index in [0.717, 1.165) is 16.8 Å². The van der Waals surface area contributed by atoms with E-state index in [1.165, 1.54) is 0 Å². The molecule has 3 heteroatoms. The van der Waals surface area contributed by atoms with Crippen LogP contribution in [0.2, 0.25) is 0 Å². The maximum Gasteiger partial charge on any atom is 0.232 e. The van der Waals surface area contributed by atoms with Crippen LogP contribution in [0.3, 0.4) is 0 Å². The minimum Gasteiger partial charge on any atom is -0.396 e. The average Bonchev–Trinajstić information content (AvgIpc) is 2.45. The molecule has 0 spiro atoms. The summed E-state index contributed by atoms with van der Waals surface area (Å²) in [6.45, 7) is 2.05. The number of nitrogens with one attached hydrogen (secondary N) is 1. The van der Waals surface area contributed by atoms with Crippen molar-refractivity contribution in [2.24, 2.45) is 0 Å². The third kappa shape index (κ3) is 1.40. The monoisotopic (exact) mass is 191 g/mol. The van der Waals surface area contributed by atoms with E-state index in [-0.39, 0.29) is 18.4 Å². The highest BCUT2D eigenvalue weighted by atomic mass is 16.3. The lowest BCUT2D eigenvalue weighted by Gasteiger charge is -2.06. The highest BCUT2D eigenvalue weighted by Crippen LogP contribution is 2.34. The number of carbonyl (C=O) groups excluding carboxylic acids is 1. The summed E-state index contributed by atoms with van der Waals surface area (Å²) in [5, 5.41) is 11.7. The van der Waals surface area contributed by atoms with Gasteiger partial charge in [0.25, 0.3) is 0 Å². The van der Waals surface area contributed by atoms with Gasteiger partial charge in [-0.2, -0.15) is 0 Å². The van der Waals surface area contributed by atoms with Crippen LogP contribution in [0, 0.1) is 6.92 Å². The third-order valence-electron chi connectivity index (χ3n) is 2.57. The summed E-state index contributed by atoms with van der Waals surface area (Å²) in [5.41, 5.74) is 3.05. The van der Waals surface area contributed by atoms with Crippen molar-refractivity contribution in [3.8, 4) is 0 Å². The smallest absolute Gasteiger partial charge is 0.232 e. The molecule has 14 heavy (non-hydrogen) atoms. The van der Waals surface area contributed by atoms with Crippen LogP contribution in [-0.2, 0) is 4.79 Å². The maximum absolute atomic E-state index is 11.5. The number of fused-ring (bicyclic) bond motifs is 1. The van der Waals surface area contributed by atoms with Crippen LogP contribution < -0.4 is 5.32 Å². The van der Waals surface area contributed by atoms with Crippen LogP contribution in [0.1, 0.15) is 23.5 Å². The van der Waals surface area contributed by atoms with Gasteiger partial charge in [-0.1, -0.05) is 17.7 Å². The summed E-state index contributed by atoms with van der Waals surface area (Å²) in [5.74, 6) is -0.172. The first-order valence-corrected chi connectivity index (χ1v) is 4.74. The average molecular weight is 191 g/mol. The van der Waals surface area contributed by atoms with Gasteiger partial charge in [-0.25, -0.2) is 0 Å². The number of hydrogen-bond donors (Lipinski definition) is 2. The molecular formula is C11H13NO2. The van der Waals surface area contributed by atoms with Crippen molar-refractivity contribution >= 4 is 11.6 Å². The Bertz CT molecular complexity index is 374. The second-order valence-electron chi connectivity index (χ2n) is 3.64. The predicted molar refractivity (Wildman–Crippen MR) is 54.3 cm³/mol. The molecule has 0 saturated carbocycles. The molecule has 2 N–H and O–H groups in total. The second-order valence-corrected chi connectivity index (χ2v) is 3.64. The topological polar surface area (TPSA) is 49.3 Å². The summed E-state index contributed by atoms with van der Waals surface area (Å²) < 4.78 is 0. The lowest BCUT2D eigenvalue weighted by molar-refractivity contribution is -0.117. The standard InChI is InChI=1S/C11H13NO2/c1-7-2-3-10-9(6-7)8(4-5-13)11(14)12-10/h2-3,6,8,13H,4-5H2,1H3,(H,12,14). The molecule has 0 saturated heterocycles. The first-order valence-electron chi connectivity index (χ1n) is 4.74. The Kier molecular flexibility index (Phi) is 2.25. The van der Waals surface area contributed by atoms with Gasteiger partial charge in [0.2, 0.25) is 5.91 Å². The molecule has 3 nitrogen and oxygen atoms in total. The predicted octanol–water partition coefficient (Wildman–Crippen LogP) is 1.41. The SMILES string of the molecule is Cc1ccc2c(c1)C(CCO)C(=O)N2. The number of amides is 1. The van der Waals surface area contributed by atoms with E-state index in [1.807, 2.05) is 25.1 Å². The van der Waals surface area contributed by atoms with Crippen molar-refractivity contribution < 1.29 is 9.90 Å². The van der Waals surface area contributed by atoms with Gasteiger partial charge in [-0.15, -0.1) is 0 Å². The van der Waals surface area contributed by atoms with Crippen molar-refractivity contribution in [3.05, 3.63) is 29.3 Å². The van der Waals surface area contributed by atoms with Crippen molar-refractivity contribution in [3.63, 3.8) is 0 Å². The van der Waals surface area contributed by atoms with Gasteiger partial charge < -0.3 is 10.4 Å². The Morgan fingerprint density at radius 3 is 3.00 bits per heavy atom. The van der Waals surface area contributed by atoms with E-state index in [2.05, 4.69) is 5.32 Å². The lowest BCUT2D eigenvalue weighted by atomic mass is 9.96. The van der Waals surface area contributed by atoms with Gasteiger partial charge >= 0.3 is 0 Å². The Balaban J connectivity index is 2.39. The van der Waals surface area contributed by atoms with Crippen molar-refractivity contribution in [2.45, 2.75) is 19.3 Å². The zero-order valence-corrected chi connectivity index (χ0v) is 8.08. The summed E-state index contributed by atoms with van der Waals surface area (Å²) in [6.07, 6.45) is 0.502. The normalized spacial score (nSPS) is 19.3. The summed E-state index contributed by atoms with van der Waals surface area (Å²) in [7, 11) is 0. The largest absolute Gasteiger partial charge is 0.396 e. The van der Waals surface area contributed by atoms with Crippen LogP contribution in [0.15, 0.2) is 18.2 Å². The molecule has 1 aliphatic heterocycles. The molecule has 1 aliphatic rings. The van der Waals surface area contributed by atoms with Gasteiger partial charge in [0, 0.05) is 12.3 Å². The van der Waals surface area contributed by atoms with E-state index >= 15 is 0 Å². The van der Waals surface area contributed by atoms with E-state index in [4.69, 9.17) is 5.11 Å². The molecule has 1 amide bonds. The molecule has 0 fully saturated rings. The number of aryl methyl sites for hydroxylation is 1. The second kappa shape index (κ2) is 3.42. The zero-order valence-electron chi connectivity index (χ0n) is 8.08. The highest BCUT2D eigenvalue weighted by Gasteiger charge is 2.29. The van der Waals surface area contributed by atoms with E-state index in [1.54, 1.807) is 0 Å². The molecule has 2 rings (SSSR count). The molecule has 1 aromatic rings. The fraction of sp³-hybridized carbons (Fsp3) is 0.364. The quantitative estimate of drug-likeness (QED) is 0.742. The molecule has 0 aliphatic carbocycles. The van der Waals surface area contributed by atoms with Gasteiger partial charge in [-0.3, -0.25) is 4.79 Å². The number of benzene rings is 1. The number of hydrogen-bond acceptors (Lipinski definition) is 2. The minimum atomic E-state index is -0.171. The van der Waals surface area contributed by atoms with Gasteiger partial charge in [-0.05, 0) is 25.0 Å². The molecule has 0 bridgehead atoms. The molecule has 1 unspecified atom stereocenters. The third-order valence-corrected chi connectivity index (χ3v) is 2.57. The summed E-state index contributed by atoms with van der Waals surface area (Å²) >= 11 is 0. The Morgan fingerprint density at radius 2 is 2.29 bits per heavy atom. The number of rotatable bonds is 2. The van der Waals surface area contributed by atoms with Crippen molar-refractivity contribution in [1.29, 1.82) is 0 Å². The molecule has 1 heterocycles. The van der Waals surface area contributed by atoms with Crippen LogP contribution in [0.25, 0.3) is 0 Å². The number of anilines is 1. The van der Waals surface area contributed by atoms with E-state index < -0.39 is 0 Å². The van der Waals surface area contributed by atoms with Crippen LogP contribution in [-0.4, -0.2) is 17.6 Å². The van der Waals surface area contributed by atoms with Crippen LogP contribution in [0.5, 0.6) is 0 Å². The first kappa shape index (κ1) is 9.21. The van der Waals surface area contributed by atoms with Gasteiger partial charge in [0.15, 0.2) is 0 Å². The molecular weight excluding hydrogens is 178 g/mol. The Labute approximate surface area is 82.8 Å². The van der Waals surface area contributed by atoms with Crippen molar-refractivity contribution in [2.75, 3.05) is 11.9 Å². The zero-order chi connectivity index (χ0) is 10.1. The Hall–Kier alpha value is -1.35. The van der Waals surface area contributed by atoms with Gasteiger partial charge in [0.1, 0.15) is 0 Å². The number of aliphatic hydroxyl groups excluding tert-OH is 1. The minimum absolute atomic E-state index is 0.000324. The van der Waals surface area contributed by atoms with E-state index in [9.17, 15) is 4.79 Å². The van der Waals surface area contributed by atoms with Crippen LogP contribution in [0.4, 0.5) is 5.69 Å². The highest BCUT2D eigenvalue weighted by molar-refractivity contribution is 6.02. The fourth-order valence-corrected chi connectivity index (χ4v) is 1.86. The van der Waals surface area contributed by atoms with Crippen LogP contribution >= 0.6 is 0 Å². The summed E-state index contributed by atoms with van der Waals surface area (Å²) in [4.78, 5) is 11.5. The maximum atomic E-state index is 11.5. The fourth-order valence-electron chi connectivity index (χ4n) is 1.86.